The first-order valence-electron chi connectivity index (χ1n) is 6.56. The standard InChI is InChI=1S/C14H24O4/c1-9(2)14(16)17-8-11-5-6-12(15)13(7-11)18-10(3)4/h10-13,15H,1,5-8H2,2-4H3. The second-order valence-electron chi connectivity index (χ2n) is 5.35. The number of carbonyl (C=O) groups is 1. The van der Waals surface area contributed by atoms with E-state index >= 15 is 0 Å². The van der Waals surface area contributed by atoms with Crippen molar-refractivity contribution in [1.29, 1.82) is 0 Å². The van der Waals surface area contributed by atoms with E-state index < -0.39 is 6.10 Å². The van der Waals surface area contributed by atoms with E-state index in [2.05, 4.69) is 6.58 Å². The highest BCUT2D eigenvalue weighted by Crippen LogP contribution is 2.28. The number of hydrogen-bond donors (Lipinski definition) is 1. The Labute approximate surface area is 109 Å². The molecule has 18 heavy (non-hydrogen) atoms. The average molecular weight is 256 g/mol. The number of carbonyl (C=O) groups excluding carboxylic acids is 1. The lowest BCUT2D eigenvalue weighted by Crippen LogP contribution is -2.38. The van der Waals surface area contributed by atoms with Crippen molar-refractivity contribution in [2.45, 2.75) is 58.3 Å². The second kappa shape index (κ2) is 6.90. The molecule has 1 aliphatic rings. The maximum absolute atomic E-state index is 11.3. The molecule has 0 aliphatic heterocycles. The third-order valence-corrected chi connectivity index (χ3v) is 3.11. The molecule has 4 heteroatoms. The summed E-state index contributed by atoms with van der Waals surface area (Å²) in [4.78, 5) is 11.3. The lowest BCUT2D eigenvalue weighted by Gasteiger charge is -2.34. The van der Waals surface area contributed by atoms with E-state index in [0.717, 1.165) is 12.8 Å². The number of aliphatic hydroxyl groups excluding tert-OH is 1. The van der Waals surface area contributed by atoms with Gasteiger partial charge in [-0.1, -0.05) is 6.58 Å². The van der Waals surface area contributed by atoms with Crippen LogP contribution in [0.4, 0.5) is 0 Å². The molecule has 0 aromatic rings. The van der Waals surface area contributed by atoms with Crippen molar-refractivity contribution in [1.82, 2.24) is 0 Å². The van der Waals surface area contributed by atoms with Gasteiger partial charge in [0.2, 0.25) is 0 Å². The molecule has 0 heterocycles. The van der Waals surface area contributed by atoms with Crippen LogP contribution in [0.2, 0.25) is 0 Å². The topological polar surface area (TPSA) is 55.8 Å². The number of ether oxygens (including phenoxy) is 2. The van der Waals surface area contributed by atoms with Crippen LogP contribution in [-0.4, -0.2) is 36.0 Å². The first kappa shape index (κ1) is 15.2. The Hall–Kier alpha value is -0.870. The first-order valence-corrected chi connectivity index (χ1v) is 6.56. The van der Waals surface area contributed by atoms with Gasteiger partial charge in [0.25, 0.3) is 0 Å². The zero-order valence-corrected chi connectivity index (χ0v) is 11.5. The Morgan fingerprint density at radius 1 is 1.44 bits per heavy atom. The van der Waals surface area contributed by atoms with Crippen molar-refractivity contribution in [2.75, 3.05) is 6.61 Å². The fourth-order valence-electron chi connectivity index (χ4n) is 2.16. The van der Waals surface area contributed by atoms with Gasteiger partial charge in [0.05, 0.1) is 24.9 Å². The summed E-state index contributed by atoms with van der Waals surface area (Å²) in [6.45, 7) is 9.48. The Kier molecular flexibility index (Phi) is 5.82. The molecular formula is C14H24O4. The van der Waals surface area contributed by atoms with Crippen LogP contribution >= 0.6 is 0 Å². The van der Waals surface area contributed by atoms with Crippen LogP contribution in [-0.2, 0) is 14.3 Å². The van der Waals surface area contributed by atoms with Crippen molar-refractivity contribution >= 4 is 5.97 Å². The molecule has 0 aromatic carbocycles. The van der Waals surface area contributed by atoms with Crippen LogP contribution in [0.3, 0.4) is 0 Å². The summed E-state index contributed by atoms with van der Waals surface area (Å²) in [6, 6.07) is 0. The summed E-state index contributed by atoms with van der Waals surface area (Å²) in [5.41, 5.74) is 0.417. The molecule has 1 rings (SSSR count). The molecule has 0 bridgehead atoms. The van der Waals surface area contributed by atoms with Crippen molar-refractivity contribution < 1.29 is 19.4 Å². The van der Waals surface area contributed by atoms with Crippen molar-refractivity contribution in [3.63, 3.8) is 0 Å². The molecule has 0 aromatic heterocycles. The van der Waals surface area contributed by atoms with E-state index in [9.17, 15) is 9.90 Å². The zero-order valence-electron chi connectivity index (χ0n) is 11.5. The van der Waals surface area contributed by atoms with Crippen LogP contribution in [0.15, 0.2) is 12.2 Å². The summed E-state index contributed by atoms with van der Waals surface area (Å²) in [6.07, 6.45) is 1.85. The van der Waals surface area contributed by atoms with Gasteiger partial charge in [-0.2, -0.15) is 0 Å². The fourth-order valence-corrected chi connectivity index (χ4v) is 2.16. The molecule has 0 radical (unpaired) electrons. The Bertz CT molecular complexity index is 298. The van der Waals surface area contributed by atoms with E-state index in [0.29, 0.717) is 18.6 Å². The molecule has 1 aliphatic carbocycles. The highest BCUT2D eigenvalue weighted by Gasteiger charge is 2.31. The second-order valence-corrected chi connectivity index (χ2v) is 5.35. The van der Waals surface area contributed by atoms with Gasteiger partial charge in [-0.05, 0) is 46.0 Å². The molecular weight excluding hydrogens is 232 g/mol. The molecule has 0 spiro atoms. The molecule has 3 atom stereocenters. The van der Waals surface area contributed by atoms with Gasteiger partial charge in [-0.3, -0.25) is 0 Å². The normalized spacial score (nSPS) is 28.2. The summed E-state index contributed by atoms with van der Waals surface area (Å²) >= 11 is 0. The van der Waals surface area contributed by atoms with E-state index in [1.165, 1.54) is 0 Å². The minimum atomic E-state index is -0.402. The molecule has 4 nitrogen and oxygen atoms in total. The lowest BCUT2D eigenvalue weighted by molar-refractivity contribution is -0.143. The largest absolute Gasteiger partial charge is 0.462 e. The maximum Gasteiger partial charge on any atom is 0.333 e. The first-order chi connectivity index (χ1) is 8.40. The number of esters is 1. The number of aliphatic hydroxyl groups is 1. The van der Waals surface area contributed by atoms with Gasteiger partial charge in [-0.25, -0.2) is 4.79 Å². The van der Waals surface area contributed by atoms with Crippen molar-refractivity contribution in [3.05, 3.63) is 12.2 Å². The van der Waals surface area contributed by atoms with Gasteiger partial charge in [0.1, 0.15) is 0 Å². The Morgan fingerprint density at radius 2 is 2.11 bits per heavy atom. The SMILES string of the molecule is C=C(C)C(=O)OCC1CCC(O)C(OC(C)C)C1. The molecule has 1 saturated carbocycles. The Morgan fingerprint density at radius 3 is 2.67 bits per heavy atom. The third-order valence-electron chi connectivity index (χ3n) is 3.11. The summed E-state index contributed by atoms with van der Waals surface area (Å²) in [5, 5.41) is 9.85. The highest BCUT2D eigenvalue weighted by atomic mass is 16.5. The maximum atomic E-state index is 11.3. The summed E-state index contributed by atoms with van der Waals surface area (Å²) in [7, 11) is 0. The van der Waals surface area contributed by atoms with Gasteiger partial charge in [0, 0.05) is 5.57 Å². The number of rotatable bonds is 5. The van der Waals surface area contributed by atoms with Crippen LogP contribution in [0, 0.1) is 5.92 Å². The van der Waals surface area contributed by atoms with E-state index in [1.807, 2.05) is 13.8 Å². The van der Waals surface area contributed by atoms with Gasteiger partial charge in [-0.15, -0.1) is 0 Å². The molecule has 1 fully saturated rings. The fraction of sp³-hybridized carbons (Fsp3) is 0.786. The highest BCUT2D eigenvalue weighted by molar-refractivity contribution is 5.86. The van der Waals surface area contributed by atoms with E-state index in [1.54, 1.807) is 6.92 Å². The molecule has 104 valence electrons. The van der Waals surface area contributed by atoms with E-state index in [4.69, 9.17) is 9.47 Å². The molecule has 1 N–H and O–H groups in total. The summed E-state index contributed by atoms with van der Waals surface area (Å²) in [5.74, 6) is -0.0806. The van der Waals surface area contributed by atoms with E-state index in [-0.39, 0.29) is 24.1 Å². The van der Waals surface area contributed by atoms with Crippen molar-refractivity contribution in [3.8, 4) is 0 Å². The van der Waals surface area contributed by atoms with Crippen molar-refractivity contribution in [2.24, 2.45) is 5.92 Å². The predicted octanol–water partition coefficient (Wildman–Crippen LogP) is 2.06. The van der Waals surface area contributed by atoms with Crippen LogP contribution in [0.1, 0.15) is 40.0 Å². The van der Waals surface area contributed by atoms with Crippen LogP contribution < -0.4 is 0 Å². The number of hydrogen-bond acceptors (Lipinski definition) is 4. The summed E-state index contributed by atoms with van der Waals surface area (Å²) < 4.78 is 10.8. The average Bonchev–Trinajstić information content (AvgIpc) is 2.28. The monoisotopic (exact) mass is 256 g/mol. The Balaban J connectivity index is 2.39. The van der Waals surface area contributed by atoms with Gasteiger partial charge < -0.3 is 14.6 Å². The predicted molar refractivity (Wildman–Crippen MR) is 69.1 cm³/mol. The minimum Gasteiger partial charge on any atom is -0.462 e. The quantitative estimate of drug-likeness (QED) is 0.604. The smallest absolute Gasteiger partial charge is 0.333 e. The lowest BCUT2D eigenvalue weighted by atomic mass is 9.85. The third kappa shape index (κ3) is 4.78. The molecule has 0 saturated heterocycles. The van der Waals surface area contributed by atoms with Crippen LogP contribution in [0.25, 0.3) is 0 Å². The zero-order chi connectivity index (χ0) is 13.7. The minimum absolute atomic E-state index is 0.0985. The molecule has 3 unspecified atom stereocenters. The van der Waals surface area contributed by atoms with Crippen LogP contribution in [0.5, 0.6) is 0 Å². The molecule has 0 amide bonds. The van der Waals surface area contributed by atoms with Gasteiger partial charge in [0.15, 0.2) is 0 Å². The van der Waals surface area contributed by atoms with Gasteiger partial charge >= 0.3 is 5.97 Å².